The first-order chi connectivity index (χ1) is 16.8. The number of halogens is 3. The third-order valence-corrected chi connectivity index (χ3v) is 4.89. The molecule has 0 saturated carbocycles. The molecule has 0 bridgehead atoms. The van der Waals surface area contributed by atoms with Crippen LogP contribution in [0.1, 0.15) is 11.1 Å². The zero-order valence-corrected chi connectivity index (χ0v) is 18.1. The number of fused-ring (bicyclic) bond motifs is 1. The summed E-state index contributed by atoms with van der Waals surface area (Å²) >= 11 is 0. The summed E-state index contributed by atoms with van der Waals surface area (Å²) in [6.45, 7) is -0.893. The molecule has 0 spiro atoms. The van der Waals surface area contributed by atoms with Crippen LogP contribution in [0.15, 0.2) is 84.0 Å². The maximum Gasteiger partial charge on any atom is 0.416 e. The lowest BCUT2D eigenvalue weighted by Crippen LogP contribution is -2.40. The second-order valence-electron chi connectivity index (χ2n) is 7.38. The van der Waals surface area contributed by atoms with Gasteiger partial charge in [-0.3, -0.25) is 4.79 Å². The van der Waals surface area contributed by atoms with E-state index in [1.165, 1.54) is 12.3 Å². The molecule has 0 aliphatic carbocycles. The first kappa shape index (κ1) is 23.8. The number of esters is 1. The Hall–Kier alpha value is -4.34. The van der Waals surface area contributed by atoms with E-state index >= 15 is 0 Å². The van der Waals surface area contributed by atoms with Gasteiger partial charge in [0.15, 0.2) is 18.1 Å². The van der Waals surface area contributed by atoms with Gasteiger partial charge in [0.05, 0.1) is 17.5 Å². The predicted octanol–water partition coefficient (Wildman–Crippen LogP) is 4.46. The molecule has 0 N–H and O–H groups in total. The average molecular weight is 484 g/mol. The number of alkyl halides is 3. The number of hydrogen-bond acceptors (Lipinski definition) is 6. The van der Waals surface area contributed by atoms with Crippen molar-refractivity contribution in [3.05, 3.63) is 90.0 Å². The number of nitrogens with zero attached hydrogens (tertiary/aromatic N) is 2. The molecule has 7 nitrogen and oxygen atoms in total. The second-order valence-corrected chi connectivity index (χ2v) is 7.38. The van der Waals surface area contributed by atoms with Gasteiger partial charge in [0, 0.05) is 0 Å². The van der Waals surface area contributed by atoms with Gasteiger partial charge in [-0.05, 0) is 35.9 Å². The molecule has 1 aliphatic rings. The van der Waals surface area contributed by atoms with Crippen LogP contribution >= 0.6 is 0 Å². The zero-order valence-electron chi connectivity index (χ0n) is 18.1. The monoisotopic (exact) mass is 484 g/mol. The van der Waals surface area contributed by atoms with Crippen LogP contribution in [0, 0.1) is 0 Å². The van der Waals surface area contributed by atoms with Crippen molar-refractivity contribution in [3.8, 4) is 11.5 Å². The van der Waals surface area contributed by atoms with E-state index in [9.17, 15) is 22.8 Å². The summed E-state index contributed by atoms with van der Waals surface area (Å²) in [5, 5.41) is 4.80. The van der Waals surface area contributed by atoms with Crippen LogP contribution in [0.25, 0.3) is 0 Å². The van der Waals surface area contributed by atoms with Crippen LogP contribution in [0.5, 0.6) is 11.5 Å². The summed E-state index contributed by atoms with van der Waals surface area (Å²) in [7, 11) is 0. The molecule has 1 atom stereocenters. The highest BCUT2D eigenvalue weighted by Crippen LogP contribution is 2.32. The lowest BCUT2D eigenvalue weighted by Gasteiger charge is -2.25. The summed E-state index contributed by atoms with van der Waals surface area (Å²) in [6, 6.07) is 19.5. The van der Waals surface area contributed by atoms with Crippen molar-refractivity contribution in [2.75, 3.05) is 18.2 Å². The molecule has 0 radical (unpaired) electrons. The van der Waals surface area contributed by atoms with E-state index in [1.54, 1.807) is 54.6 Å². The van der Waals surface area contributed by atoms with Gasteiger partial charge in [0.25, 0.3) is 5.91 Å². The molecule has 1 aliphatic heterocycles. The Morgan fingerprint density at radius 3 is 2.46 bits per heavy atom. The fraction of sp³-hybridized carbons (Fsp3) is 0.160. The predicted molar refractivity (Wildman–Crippen MR) is 120 cm³/mol. The molecule has 3 aromatic carbocycles. The Labute approximate surface area is 198 Å². The van der Waals surface area contributed by atoms with Crippen molar-refractivity contribution in [2.45, 2.75) is 12.3 Å². The fourth-order valence-corrected chi connectivity index (χ4v) is 3.18. The largest absolute Gasteiger partial charge is 0.485 e. The van der Waals surface area contributed by atoms with Gasteiger partial charge in [-0.2, -0.15) is 23.3 Å². The minimum Gasteiger partial charge on any atom is -0.485 e. The first-order valence-corrected chi connectivity index (χ1v) is 10.5. The van der Waals surface area contributed by atoms with Crippen LogP contribution in [0.3, 0.4) is 0 Å². The Bertz CT molecular complexity index is 1230. The highest BCUT2D eigenvalue weighted by molar-refractivity contribution is 5.97. The number of rotatable bonds is 6. The van der Waals surface area contributed by atoms with Crippen LogP contribution in [-0.4, -0.2) is 37.4 Å². The Morgan fingerprint density at radius 1 is 1.00 bits per heavy atom. The fourth-order valence-electron chi connectivity index (χ4n) is 3.18. The molecule has 180 valence electrons. The Morgan fingerprint density at radius 2 is 1.71 bits per heavy atom. The summed E-state index contributed by atoms with van der Waals surface area (Å²) in [4.78, 5) is 25.3. The van der Waals surface area contributed by atoms with E-state index in [0.29, 0.717) is 17.1 Å². The maximum absolute atomic E-state index is 13.2. The van der Waals surface area contributed by atoms with Crippen LogP contribution in [-0.2, 0) is 20.5 Å². The molecule has 0 unspecified atom stereocenters. The number of hydrazone groups is 1. The van der Waals surface area contributed by atoms with Crippen molar-refractivity contribution >= 4 is 23.8 Å². The molecule has 0 fully saturated rings. The molecular formula is C25H19F3N2O5. The van der Waals surface area contributed by atoms with E-state index in [4.69, 9.17) is 14.2 Å². The molecule has 3 aromatic rings. The quantitative estimate of drug-likeness (QED) is 0.294. The first-order valence-electron chi connectivity index (χ1n) is 10.5. The van der Waals surface area contributed by atoms with Crippen molar-refractivity contribution in [1.29, 1.82) is 0 Å². The van der Waals surface area contributed by atoms with Gasteiger partial charge in [0.2, 0.25) is 6.10 Å². The lowest BCUT2D eigenvalue weighted by molar-refractivity contribution is -0.157. The van der Waals surface area contributed by atoms with Crippen molar-refractivity contribution in [3.63, 3.8) is 0 Å². The van der Waals surface area contributed by atoms with Gasteiger partial charge >= 0.3 is 12.1 Å². The number of hydrogen-bond donors (Lipinski definition) is 0. The second kappa shape index (κ2) is 10.3. The van der Waals surface area contributed by atoms with Gasteiger partial charge in [-0.1, -0.05) is 48.5 Å². The van der Waals surface area contributed by atoms with Crippen molar-refractivity contribution < 1.29 is 37.0 Å². The van der Waals surface area contributed by atoms with Crippen molar-refractivity contribution in [1.82, 2.24) is 0 Å². The van der Waals surface area contributed by atoms with E-state index in [0.717, 1.165) is 23.2 Å². The van der Waals surface area contributed by atoms with E-state index in [1.807, 2.05) is 0 Å². The number of anilines is 1. The topological polar surface area (TPSA) is 77.4 Å². The smallest absolute Gasteiger partial charge is 0.416 e. The molecule has 35 heavy (non-hydrogen) atoms. The number of carbonyl (C=O) groups excluding carboxylic acids is 2. The molecule has 4 rings (SSSR count). The van der Waals surface area contributed by atoms with Crippen LogP contribution < -0.4 is 14.5 Å². The minimum atomic E-state index is -4.62. The van der Waals surface area contributed by atoms with Crippen LogP contribution in [0.4, 0.5) is 18.9 Å². The van der Waals surface area contributed by atoms with E-state index < -0.39 is 36.3 Å². The molecule has 1 heterocycles. The number of carbonyl (C=O) groups is 2. The molecule has 0 aromatic heterocycles. The summed E-state index contributed by atoms with van der Waals surface area (Å²) < 4.78 is 55.7. The molecule has 1 amide bonds. The number of amides is 1. The number of benzene rings is 3. The standard InChI is InChI=1S/C25H19F3N2O5/c26-25(27,28)18-9-6-10-19(13-18)30(29-14-17-7-2-1-3-8-17)23(31)16-34-24(32)22-15-33-20-11-4-5-12-21(20)35-22/h1-14,22H,15-16H2/b29-14-/t22-/m1/s1. The highest BCUT2D eigenvalue weighted by atomic mass is 19.4. The summed E-state index contributed by atoms with van der Waals surface area (Å²) in [6.07, 6.45) is -4.41. The van der Waals surface area contributed by atoms with Gasteiger partial charge < -0.3 is 14.2 Å². The third-order valence-electron chi connectivity index (χ3n) is 4.89. The minimum absolute atomic E-state index is 0.118. The lowest BCUT2D eigenvalue weighted by atomic mass is 10.2. The Kier molecular flexibility index (Phi) is 7.00. The normalized spacial score (nSPS) is 15.0. The summed E-state index contributed by atoms with van der Waals surface area (Å²) in [5.41, 5.74) is -0.481. The highest BCUT2D eigenvalue weighted by Gasteiger charge is 2.32. The zero-order chi connectivity index (χ0) is 24.8. The number of ether oxygens (including phenoxy) is 3. The molecular weight excluding hydrogens is 465 g/mol. The maximum atomic E-state index is 13.2. The van der Waals surface area contributed by atoms with Crippen LogP contribution in [0.2, 0.25) is 0 Å². The van der Waals surface area contributed by atoms with E-state index in [2.05, 4.69) is 5.10 Å². The van der Waals surface area contributed by atoms with Gasteiger partial charge in [-0.15, -0.1) is 0 Å². The van der Waals surface area contributed by atoms with Crippen molar-refractivity contribution in [2.24, 2.45) is 5.10 Å². The van der Waals surface area contributed by atoms with Gasteiger partial charge in [-0.25, -0.2) is 4.79 Å². The van der Waals surface area contributed by atoms with E-state index in [-0.39, 0.29) is 12.3 Å². The SMILES string of the molecule is O=C(OCC(=O)N(/N=C\c1ccccc1)c1cccc(C(F)(F)F)c1)[C@H]1COc2ccccc2O1. The molecule has 0 saturated heterocycles. The Balaban J connectivity index is 1.49. The van der Waals surface area contributed by atoms with Gasteiger partial charge in [0.1, 0.15) is 6.61 Å². The molecule has 10 heteroatoms. The number of para-hydroxylation sites is 2. The summed E-state index contributed by atoms with van der Waals surface area (Å²) in [5.74, 6) is -0.894. The average Bonchev–Trinajstić information content (AvgIpc) is 2.87. The third kappa shape index (κ3) is 5.97.